The fraction of sp³-hybridized carbons (Fsp3) is 0.0465. The van der Waals surface area contributed by atoms with Crippen LogP contribution in [0.2, 0.25) is 0 Å². The third-order valence-electron chi connectivity index (χ3n) is 8.91. The Hall–Kier alpha value is -5.53. The maximum absolute atomic E-state index is 4.67. The molecule has 0 fully saturated rings. The highest BCUT2D eigenvalue weighted by Gasteiger charge is 2.18. The molecule has 0 radical (unpaired) electrons. The zero-order valence-corrected chi connectivity index (χ0v) is 24.7. The number of nitrogens with zero attached hydrogens (tertiary/aromatic N) is 1. The normalized spacial score (nSPS) is 11.4. The summed E-state index contributed by atoms with van der Waals surface area (Å²) in [5, 5.41) is 7.73. The van der Waals surface area contributed by atoms with Gasteiger partial charge in [-0.1, -0.05) is 140 Å². The Morgan fingerprint density at radius 1 is 0.409 bits per heavy atom. The van der Waals surface area contributed by atoms with Crippen molar-refractivity contribution in [2.24, 2.45) is 0 Å². The standard InChI is InChI=1S/C43H31N/c1-2-29-23-24-40(35-18-7-6-17-34(29)35)43-38-21-10-8-19-36(38)42(37-20-9-11-22-39(37)43)33-16-12-15-31(27-33)32-25-26-44-41(28-32)30-13-4-3-5-14-30/h3-28H,2H2,1H3. The minimum atomic E-state index is 0.982. The first-order valence-corrected chi connectivity index (χ1v) is 15.4. The zero-order chi connectivity index (χ0) is 29.5. The van der Waals surface area contributed by atoms with E-state index in [4.69, 9.17) is 0 Å². The predicted octanol–water partition coefficient (Wildman–Crippen LogP) is 11.8. The summed E-state index contributed by atoms with van der Waals surface area (Å²) in [6.45, 7) is 2.24. The number of aromatic nitrogens is 1. The van der Waals surface area contributed by atoms with Gasteiger partial charge in [0.2, 0.25) is 0 Å². The number of aryl methyl sites for hydroxylation is 1. The second-order valence-corrected chi connectivity index (χ2v) is 11.4. The zero-order valence-electron chi connectivity index (χ0n) is 24.7. The van der Waals surface area contributed by atoms with E-state index in [1.165, 1.54) is 65.7 Å². The van der Waals surface area contributed by atoms with E-state index < -0.39 is 0 Å². The third-order valence-corrected chi connectivity index (χ3v) is 8.91. The van der Waals surface area contributed by atoms with Crippen molar-refractivity contribution in [2.75, 3.05) is 0 Å². The predicted molar refractivity (Wildman–Crippen MR) is 188 cm³/mol. The Labute approximate surface area is 258 Å². The smallest absolute Gasteiger partial charge is 0.0708 e. The highest BCUT2D eigenvalue weighted by Crippen LogP contribution is 2.46. The van der Waals surface area contributed by atoms with Crippen molar-refractivity contribution < 1.29 is 0 Å². The van der Waals surface area contributed by atoms with E-state index in [2.05, 4.69) is 158 Å². The molecule has 0 N–H and O–H groups in total. The Morgan fingerprint density at radius 2 is 0.955 bits per heavy atom. The van der Waals surface area contributed by atoms with Gasteiger partial charge in [-0.05, 0) is 95.9 Å². The molecule has 0 atom stereocenters. The fourth-order valence-electron chi connectivity index (χ4n) is 6.85. The van der Waals surface area contributed by atoms with Crippen molar-refractivity contribution in [1.29, 1.82) is 0 Å². The molecule has 8 aromatic rings. The molecule has 0 saturated carbocycles. The van der Waals surface area contributed by atoms with Gasteiger partial charge in [0.1, 0.15) is 0 Å². The van der Waals surface area contributed by atoms with Crippen LogP contribution in [0.25, 0.3) is 77.0 Å². The molecular weight excluding hydrogens is 530 g/mol. The summed E-state index contributed by atoms with van der Waals surface area (Å²) in [7, 11) is 0. The molecular formula is C43H31N. The van der Waals surface area contributed by atoms with Crippen LogP contribution in [0.5, 0.6) is 0 Å². The molecule has 0 aliphatic rings. The van der Waals surface area contributed by atoms with E-state index in [1.54, 1.807) is 0 Å². The summed E-state index contributed by atoms with van der Waals surface area (Å²) < 4.78 is 0. The van der Waals surface area contributed by atoms with Crippen LogP contribution in [0.4, 0.5) is 0 Å². The number of hydrogen-bond acceptors (Lipinski definition) is 1. The summed E-state index contributed by atoms with van der Waals surface area (Å²) in [5.41, 5.74) is 10.9. The third kappa shape index (κ3) is 4.37. The molecule has 0 amide bonds. The number of pyridine rings is 1. The Morgan fingerprint density at radius 3 is 1.64 bits per heavy atom. The van der Waals surface area contributed by atoms with E-state index in [1.807, 2.05) is 12.3 Å². The van der Waals surface area contributed by atoms with Crippen LogP contribution in [0.1, 0.15) is 12.5 Å². The van der Waals surface area contributed by atoms with Gasteiger partial charge < -0.3 is 0 Å². The van der Waals surface area contributed by atoms with Gasteiger partial charge >= 0.3 is 0 Å². The first kappa shape index (κ1) is 26.1. The molecule has 1 heterocycles. The minimum absolute atomic E-state index is 0.982. The molecule has 1 aromatic heterocycles. The number of hydrogen-bond donors (Lipinski definition) is 0. The maximum atomic E-state index is 4.67. The van der Waals surface area contributed by atoms with Crippen molar-refractivity contribution in [2.45, 2.75) is 13.3 Å². The molecule has 7 aromatic carbocycles. The summed E-state index contributed by atoms with van der Waals surface area (Å²) >= 11 is 0. The van der Waals surface area contributed by atoms with Crippen LogP contribution in [0.15, 0.2) is 158 Å². The molecule has 0 aliphatic carbocycles. The highest BCUT2D eigenvalue weighted by molar-refractivity contribution is 6.23. The van der Waals surface area contributed by atoms with Gasteiger partial charge in [0, 0.05) is 11.8 Å². The monoisotopic (exact) mass is 561 g/mol. The lowest BCUT2D eigenvalue weighted by atomic mass is 9.84. The Balaban J connectivity index is 1.37. The first-order valence-electron chi connectivity index (χ1n) is 15.4. The molecule has 0 bridgehead atoms. The van der Waals surface area contributed by atoms with E-state index in [9.17, 15) is 0 Å². The average molecular weight is 562 g/mol. The molecule has 208 valence electrons. The van der Waals surface area contributed by atoms with Crippen LogP contribution in [0.3, 0.4) is 0 Å². The van der Waals surface area contributed by atoms with Gasteiger partial charge in [-0.2, -0.15) is 0 Å². The van der Waals surface area contributed by atoms with Crippen LogP contribution < -0.4 is 0 Å². The van der Waals surface area contributed by atoms with Crippen molar-refractivity contribution in [1.82, 2.24) is 4.98 Å². The topological polar surface area (TPSA) is 12.9 Å². The van der Waals surface area contributed by atoms with Gasteiger partial charge in [-0.3, -0.25) is 4.98 Å². The lowest BCUT2D eigenvalue weighted by molar-refractivity contribution is 1.16. The first-order chi connectivity index (χ1) is 21.8. The van der Waals surface area contributed by atoms with Crippen molar-refractivity contribution >= 4 is 32.3 Å². The van der Waals surface area contributed by atoms with Crippen LogP contribution >= 0.6 is 0 Å². The quantitative estimate of drug-likeness (QED) is 0.190. The SMILES string of the molecule is CCc1ccc(-c2c3ccccc3c(-c3cccc(-c4ccnc(-c5ccccc5)c4)c3)c3ccccc23)c2ccccc12. The lowest BCUT2D eigenvalue weighted by Crippen LogP contribution is -1.93. The van der Waals surface area contributed by atoms with Crippen molar-refractivity contribution in [3.05, 3.63) is 163 Å². The number of benzene rings is 7. The lowest BCUT2D eigenvalue weighted by Gasteiger charge is -2.20. The molecule has 0 spiro atoms. The molecule has 44 heavy (non-hydrogen) atoms. The van der Waals surface area contributed by atoms with Gasteiger partial charge in [-0.15, -0.1) is 0 Å². The molecule has 0 aliphatic heterocycles. The fourth-order valence-corrected chi connectivity index (χ4v) is 6.85. The van der Waals surface area contributed by atoms with Gasteiger partial charge in [0.15, 0.2) is 0 Å². The van der Waals surface area contributed by atoms with E-state index in [-0.39, 0.29) is 0 Å². The summed E-state index contributed by atoms with van der Waals surface area (Å²) in [6.07, 6.45) is 2.93. The van der Waals surface area contributed by atoms with Gasteiger partial charge in [0.25, 0.3) is 0 Å². The number of fused-ring (bicyclic) bond motifs is 3. The number of rotatable bonds is 5. The average Bonchev–Trinajstić information content (AvgIpc) is 3.10. The summed E-state index contributed by atoms with van der Waals surface area (Å²) in [6, 6.07) is 55.0. The van der Waals surface area contributed by atoms with Gasteiger partial charge in [0.05, 0.1) is 5.69 Å². The molecule has 0 saturated heterocycles. The van der Waals surface area contributed by atoms with E-state index >= 15 is 0 Å². The van der Waals surface area contributed by atoms with Crippen molar-refractivity contribution in [3.63, 3.8) is 0 Å². The second kappa shape index (κ2) is 10.9. The highest BCUT2D eigenvalue weighted by atomic mass is 14.7. The Bertz CT molecular complexity index is 2260. The van der Waals surface area contributed by atoms with Gasteiger partial charge in [-0.25, -0.2) is 0 Å². The van der Waals surface area contributed by atoms with E-state index in [0.717, 1.165) is 23.2 Å². The maximum Gasteiger partial charge on any atom is 0.0708 e. The molecule has 0 unspecified atom stereocenters. The molecule has 8 rings (SSSR count). The molecule has 1 nitrogen and oxygen atoms in total. The van der Waals surface area contributed by atoms with Crippen LogP contribution in [0, 0.1) is 0 Å². The second-order valence-electron chi connectivity index (χ2n) is 11.4. The minimum Gasteiger partial charge on any atom is -0.256 e. The van der Waals surface area contributed by atoms with Crippen LogP contribution in [-0.4, -0.2) is 4.98 Å². The Kier molecular flexibility index (Phi) is 6.50. The summed E-state index contributed by atoms with van der Waals surface area (Å²) in [5.74, 6) is 0. The summed E-state index contributed by atoms with van der Waals surface area (Å²) in [4.78, 5) is 4.67. The largest absolute Gasteiger partial charge is 0.256 e. The van der Waals surface area contributed by atoms with Crippen LogP contribution in [-0.2, 0) is 6.42 Å². The molecule has 1 heteroatoms. The van der Waals surface area contributed by atoms with Crippen molar-refractivity contribution in [3.8, 4) is 44.6 Å². The van der Waals surface area contributed by atoms with E-state index in [0.29, 0.717) is 0 Å².